The van der Waals surface area contributed by atoms with Crippen LogP contribution in [0.1, 0.15) is 59.8 Å². The van der Waals surface area contributed by atoms with E-state index >= 15 is 0 Å². The molecule has 2 fully saturated rings. The second-order valence-electron chi connectivity index (χ2n) is 11.4. The molecule has 10 heteroatoms. The van der Waals surface area contributed by atoms with Gasteiger partial charge in [0.1, 0.15) is 0 Å². The highest BCUT2D eigenvalue weighted by molar-refractivity contribution is 7.98. The highest BCUT2D eigenvalue weighted by Gasteiger charge is 2.49. The molecule has 1 aromatic carbocycles. The Balaban J connectivity index is 1.21. The number of amides is 1. The topological polar surface area (TPSA) is 106 Å². The number of nitrogens with one attached hydrogen (secondary N) is 2. The number of aryl methyl sites for hydroxylation is 1. The molecule has 2 aromatic heterocycles. The maximum Gasteiger partial charge on any atom is 0.254 e. The molecule has 3 aliphatic rings. The molecule has 1 amide bonds. The van der Waals surface area contributed by atoms with Crippen molar-refractivity contribution < 1.29 is 23.4 Å². The lowest BCUT2D eigenvalue weighted by atomic mass is 9.80. The monoisotopic (exact) mass is 567 g/mol. The summed E-state index contributed by atoms with van der Waals surface area (Å²) in [7, 11) is 1.78. The Labute approximate surface area is 237 Å². The van der Waals surface area contributed by atoms with Gasteiger partial charge in [0.25, 0.3) is 17.3 Å². The number of ether oxygens (including phenoxy) is 3. The Kier molecular flexibility index (Phi) is 7.13. The molecule has 0 radical (unpaired) electrons. The van der Waals surface area contributed by atoms with Crippen LogP contribution in [0.3, 0.4) is 0 Å². The molecular weight excluding hydrogens is 530 g/mol. The number of aromatic nitrogens is 1. The van der Waals surface area contributed by atoms with Gasteiger partial charge < -0.3 is 28.9 Å². The van der Waals surface area contributed by atoms with Crippen molar-refractivity contribution in [3.8, 4) is 11.5 Å². The largest absolute Gasteiger partial charge is 0.460 e. The highest BCUT2D eigenvalue weighted by atomic mass is 32.2. The third-order valence-electron chi connectivity index (χ3n) is 8.94. The van der Waals surface area contributed by atoms with Crippen molar-refractivity contribution >= 4 is 28.6 Å². The number of H-pyrrole nitrogens is 1. The lowest BCUT2D eigenvalue weighted by Gasteiger charge is -2.47. The standard InChI is InChI=1S/C30H37N3O6S/c1-16-12-23(40-5)22(28(34)32-16)13-31-29(35)24-17(2)25-27(26-21(24)10-11-37-26)39-30(3,38-25)18-6-8-19(9-7-18)33-14-20(15-33)36-4/h10-12,18-20H,6-9,13-15H2,1-5H3,(H,31,35)(H,32,34). The predicted molar refractivity (Wildman–Crippen MR) is 153 cm³/mol. The van der Waals surface area contributed by atoms with E-state index in [2.05, 4.69) is 15.2 Å². The number of fused-ring (bicyclic) bond motifs is 3. The third-order valence-corrected chi connectivity index (χ3v) is 9.74. The first kappa shape index (κ1) is 27.2. The van der Waals surface area contributed by atoms with Crippen LogP contribution in [0, 0.1) is 19.8 Å². The summed E-state index contributed by atoms with van der Waals surface area (Å²) in [6.07, 6.45) is 8.04. The minimum atomic E-state index is -0.834. The van der Waals surface area contributed by atoms with Gasteiger partial charge in [0.05, 0.1) is 17.9 Å². The van der Waals surface area contributed by atoms with Crippen LogP contribution in [0.4, 0.5) is 0 Å². The molecule has 40 heavy (non-hydrogen) atoms. The van der Waals surface area contributed by atoms with E-state index in [1.54, 1.807) is 19.4 Å². The van der Waals surface area contributed by atoms with Crippen LogP contribution in [-0.4, -0.2) is 60.2 Å². The van der Waals surface area contributed by atoms with E-state index in [0.29, 0.717) is 51.3 Å². The molecule has 1 aliphatic carbocycles. The van der Waals surface area contributed by atoms with Crippen molar-refractivity contribution in [2.45, 2.75) is 75.8 Å². The Morgan fingerprint density at radius 1 is 1.20 bits per heavy atom. The fourth-order valence-corrected chi connectivity index (χ4v) is 7.25. The normalized spacial score (nSPS) is 24.8. The van der Waals surface area contributed by atoms with Gasteiger partial charge in [0, 0.05) is 72.7 Å². The second kappa shape index (κ2) is 10.5. The SMILES string of the molecule is COC1CN(C2CCC(C3(C)Oc4c(C)c(C(=O)NCc5c(SC)cc(C)[nH]c5=O)c5ccoc5c4O3)CC2)C1. The number of hydrogen-bond acceptors (Lipinski definition) is 8. The zero-order valence-electron chi connectivity index (χ0n) is 23.7. The van der Waals surface area contributed by atoms with Crippen LogP contribution in [0.5, 0.6) is 11.5 Å². The molecule has 9 nitrogen and oxygen atoms in total. The van der Waals surface area contributed by atoms with Gasteiger partial charge in [-0.25, -0.2) is 0 Å². The maximum atomic E-state index is 13.6. The van der Waals surface area contributed by atoms with Crippen molar-refractivity contribution in [3.63, 3.8) is 0 Å². The molecule has 3 aromatic rings. The number of aromatic amines is 1. The van der Waals surface area contributed by atoms with Gasteiger partial charge in [0.15, 0.2) is 11.3 Å². The van der Waals surface area contributed by atoms with E-state index in [0.717, 1.165) is 49.4 Å². The first-order chi connectivity index (χ1) is 19.2. The number of thioether (sulfide) groups is 1. The Morgan fingerprint density at radius 3 is 2.62 bits per heavy atom. The minimum Gasteiger partial charge on any atom is -0.460 e. The molecule has 6 rings (SSSR count). The number of nitrogens with zero attached hydrogens (tertiary/aromatic N) is 1. The zero-order chi connectivity index (χ0) is 28.2. The van der Waals surface area contributed by atoms with E-state index < -0.39 is 5.79 Å². The van der Waals surface area contributed by atoms with Crippen molar-refractivity contribution in [1.82, 2.24) is 15.2 Å². The lowest BCUT2D eigenvalue weighted by Crippen LogP contribution is -2.57. The number of methoxy groups -OCH3 is 1. The summed E-state index contributed by atoms with van der Waals surface area (Å²) in [5.74, 6) is 0.208. The van der Waals surface area contributed by atoms with Crippen LogP contribution < -0.4 is 20.3 Å². The molecule has 0 bridgehead atoms. The fraction of sp³-hybridized carbons (Fsp3) is 0.533. The van der Waals surface area contributed by atoms with Gasteiger partial charge >= 0.3 is 0 Å². The van der Waals surface area contributed by atoms with E-state index in [1.807, 2.05) is 33.1 Å². The molecule has 0 spiro atoms. The summed E-state index contributed by atoms with van der Waals surface area (Å²) in [4.78, 5) is 32.4. The van der Waals surface area contributed by atoms with E-state index in [4.69, 9.17) is 18.6 Å². The molecule has 1 atom stereocenters. The number of carbonyl (C=O) groups excluding carboxylic acids is 1. The van der Waals surface area contributed by atoms with E-state index in [1.165, 1.54) is 11.8 Å². The quantitative estimate of drug-likeness (QED) is 0.394. The smallest absolute Gasteiger partial charge is 0.254 e. The Morgan fingerprint density at radius 2 is 1.93 bits per heavy atom. The molecule has 2 aliphatic heterocycles. The number of carbonyl (C=O) groups is 1. The molecule has 214 valence electrons. The maximum absolute atomic E-state index is 13.6. The summed E-state index contributed by atoms with van der Waals surface area (Å²) >= 11 is 1.48. The Bertz CT molecular complexity index is 1500. The summed E-state index contributed by atoms with van der Waals surface area (Å²) in [6.45, 7) is 7.87. The highest BCUT2D eigenvalue weighted by Crippen LogP contribution is 2.52. The van der Waals surface area contributed by atoms with Crippen LogP contribution in [0.2, 0.25) is 0 Å². The first-order valence-corrected chi connectivity index (χ1v) is 15.2. The summed E-state index contributed by atoms with van der Waals surface area (Å²) in [6, 6.07) is 4.28. The molecule has 1 saturated carbocycles. The Hall–Kier alpha value is -2.95. The lowest BCUT2D eigenvalue weighted by molar-refractivity contribution is -0.130. The molecule has 4 heterocycles. The number of benzene rings is 1. The average molecular weight is 568 g/mol. The fourth-order valence-electron chi connectivity index (χ4n) is 6.55. The van der Waals surface area contributed by atoms with Gasteiger partial charge in [-0.1, -0.05) is 0 Å². The summed E-state index contributed by atoms with van der Waals surface area (Å²) in [5, 5.41) is 3.62. The summed E-state index contributed by atoms with van der Waals surface area (Å²) < 4.78 is 24.4. The van der Waals surface area contributed by atoms with Crippen molar-refractivity contribution in [1.29, 1.82) is 0 Å². The van der Waals surface area contributed by atoms with Gasteiger partial charge in [-0.05, 0) is 57.9 Å². The van der Waals surface area contributed by atoms with E-state index in [-0.39, 0.29) is 23.9 Å². The average Bonchev–Trinajstić information content (AvgIpc) is 3.53. The van der Waals surface area contributed by atoms with Gasteiger partial charge in [0.2, 0.25) is 5.75 Å². The minimum absolute atomic E-state index is 0.112. The number of furan rings is 1. The van der Waals surface area contributed by atoms with Crippen molar-refractivity contribution in [3.05, 3.63) is 51.1 Å². The van der Waals surface area contributed by atoms with Crippen molar-refractivity contribution in [2.24, 2.45) is 5.92 Å². The van der Waals surface area contributed by atoms with Crippen molar-refractivity contribution in [2.75, 3.05) is 26.5 Å². The van der Waals surface area contributed by atoms with Crippen LogP contribution in [0.15, 0.2) is 32.5 Å². The number of hydrogen-bond donors (Lipinski definition) is 2. The molecular formula is C30H37N3O6S. The zero-order valence-corrected chi connectivity index (χ0v) is 24.5. The number of rotatable bonds is 7. The van der Waals surface area contributed by atoms with Gasteiger partial charge in [-0.2, -0.15) is 0 Å². The predicted octanol–water partition coefficient (Wildman–Crippen LogP) is 4.77. The second-order valence-corrected chi connectivity index (χ2v) is 12.2. The molecule has 2 N–H and O–H groups in total. The number of pyridine rings is 1. The van der Waals surface area contributed by atoms with Gasteiger partial charge in [-0.3, -0.25) is 14.5 Å². The van der Waals surface area contributed by atoms with Crippen LogP contribution in [0.25, 0.3) is 11.0 Å². The summed E-state index contributed by atoms with van der Waals surface area (Å²) in [5.41, 5.74) is 2.80. The van der Waals surface area contributed by atoms with E-state index in [9.17, 15) is 9.59 Å². The number of likely N-dealkylation sites (tertiary alicyclic amines) is 1. The molecule has 1 unspecified atom stereocenters. The molecule has 1 saturated heterocycles. The first-order valence-electron chi connectivity index (χ1n) is 14.0. The van der Waals surface area contributed by atoms with Crippen LogP contribution in [-0.2, 0) is 11.3 Å². The van der Waals surface area contributed by atoms with Gasteiger partial charge in [-0.15, -0.1) is 11.8 Å². The third kappa shape index (κ3) is 4.59. The van der Waals surface area contributed by atoms with Crippen LogP contribution >= 0.6 is 11.8 Å².